The van der Waals surface area contributed by atoms with E-state index in [9.17, 15) is 0 Å². The average Bonchev–Trinajstić information content (AvgIpc) is 2.36. The molecule has 0 aromatic rings. The Balaban J connectivity index is 2.37. The zero-order valence-electron chi connectivity index (χ0n) is 7.58. The number of ether oxygens (including phenoxy) is 1. The summed E-state index contributed by atoms with van der Waals surface area (Å²) in [5, 5.41) is 4.32. The zero-order valence-corrected chi connectivity index (χ0v) is 7.58. The van der Waals surface area contributed by atoms with Crippen LogP contribution in [0.5, 0.6) is 0 Å². The van der Waals surface area contributed by atoms with Crippen LogP contribution in [0.3, 0.4) is 0 Å². The topological polar surface area (TPSA) is 26.6 Å². The molecule has 11 heavy (non-hydrogen) atoms. The number of likely N-dealkylation sites (N-methyl/N-ethyl adjacent to an activating group) is 1. The van der Waals surface area contributed by atoms with Crippen LogP contribution in [0.25, 0.3) is 0 Å². The Morgan fingerprint density at radius 1 is 1.45 bits per heavy atom. The lowest BCUT2D eigenvalue weighted by molar-refractivity contribution is 0.0326. The van der Waals surface area contributed by atoms with Gasteiger partial charge in [0.2, 0.25) is 0 Å². The molecule has 2 atom stereocenters. The second kappa shape index (κ2) is 4.04. The average molecular weight is 157 g/mol. The van der Waals surface area contributed by atoms with Gasteiger partial charge in [0.1, 0.15) is 0 Å². The molecule has 2 unspecified atom stereocenters. The first-order chi connectivity index (χ1) is 5.25. The fraction of sp³-hybridized carbons (Fsp3) is 1.00. The molecule has 1 heterocycles. The van der Waals surface area contributed by atoms with E-state index >= 15 is 0 Å². The van der Waals surface area contributed by atoms with Crippen molar-refractivity contribution < 1.29 is 4.74 Å². The van der Waals surface area contributed by atoms with E-state index in [2.05, 4.69) is 24.3 Å². The van der Waals surface area contributed by atoms with E-state index in [1.807, 2.05) is 6.92 Å². The molecule has 1 aliphatic heterocycles. The van der Waals surface area contributed by atoms with E-state index in [-0.39, 0.29) is 0 Å². The Kier molecular flexibility index (Phi) is 3.30. The van der Waals surface area contributed by atoms with Crippen molar-refractivity contribution in [1.29, 1.82) is 0 Å². The summed E-state index contributed by atoms with van der Waals surface area (Å²) < 4.78 is 5.54. The minimum atomic E-state index is 0.329. The van der Waals surface area contributed by atoms with Gasteiger partial charge in [-0.15, -0.1) is 0 Å². The fourth-order valence-corrected chi connectivity index (χ4v) is 1.45. The van der Waals surface area contributed by atoms with Gasteiger partial charge in [0.15, 0.2) is 0 Å². The van der Waals surface area contributed by atoms with Crippen molar-refractivity contribution >= 4 is 0 Å². The third-order valence-corrected chi connectivity index (χ3v) is 2.10. The molecular formula is C8H17N2O. The maximum atomic E-state index is 5.54. The van der Waals surface area contributed by atoms with Crippen LogP contribution in [-0.2, 0) is 4.74 Å². The molecule has 0 amide bonds. The molecule has 0 aromatic heterocycles. The standard InChI is InChI=1S/C8H17N2O/c1-4-11-8-6-9-5-7(8)10(2)3/h7-8H,4-6H2,1-3H3. The molecule has 0 spiro atoms. The predicted molar refractivity (Wildman–Crippen MR) is 44.8 cm³/mol. The molecule has 0 aliphatic carbocycles. The van der Waals surface area contributed by atoms with Crippen LogP contribution < -0.4 is 5.32 Å². The molecular weight excluding hydrogens is 140 g/mol. The SMILES string of the molecule is CCOC1C[N]CC1N(C)C. The molecule has 3 nitrogen and oxygen atoms in total. The Hall–Kier alpha value is -0.120. The molecule has 1 rings (SSSR count). The van der Waals surface area contributed by atoms with Gasteiger partial charge >= 0.3 is 0 Å². The van der Waals surface area contributed by atoms with Gasteiger partial charge in [-0.2, -0.15) is 0 Å². The molecule has 0 bridgehead atoms. The van der Waals surface area contributed by atoms with Gasteiger partial charge < -0.3 is 9.64 Å². The normalized spacial score (nSPS) is 31.6. The maximum absolute atomic E-state index is 5.54. The Morgan fingerprint density at radius 2 is 2.18 bits per heavy atom. The number of hydrogen-bond donors (Lipinski definition) is 0. The zero-order chi connectivity index (χ0) is 8.27. The summed E-state index contributed by atoms with van der Waals surface area (Å²) in [5.74, 6) is 0. The van der Waals surface area contributed by atoms with Crippen molar-refractivity contribution in [3.63, 3.8) is 0 Å². The monoisotopic (exact) mass is 157 g/mol. The van der Waals surface area contributed by atoms with Gasteiger partial charge in [0.25, 0.3) is 0 Å². The smallest absolute Gasteiger partial charge is 0.0883 e. The van der Waals surface area contributed by atoms with Crippen LogP contribution in [0.4, 0.5) is 0 Å². The van der Waals surface area contributed by atoms with Crippen LogP contribution >= 0.6 is 0 Å². The van der Waals surface area contributed by atoms with Crippen molar-refractivity contribution in [2.75, 3.05) is 33.8 Å². The molecule has 1 saturated heterocycles. The summed E-state index contributed by atoms with van der Waals surface area (Å²) in [4.78, 5) is 2.19. The largest absolute Gasteiger partial charge is 0.375 e. The summed E-state index contributed by atoms with van der Waals surface area (Å²) in [5.41, 5.74) is 0. The Morgan fingerprint density at radius 3 is 2.73 bits per heavy atom. The van der Waals surface area contributed by atoms with E-state index < -0.39 is 0 Å². The van der Waals surface area contributed by atoms with Crippen molar-refractivity contribution in [2.24, 2.45) is 0 Å². The highest BCUT2D eigenvalue weighted by atomic mass is 16.5. The first kappa shape index (κ1) is 8.97. The summed E-state index contributed by atoms with van der Waals surface area (Å²) in [6, 6.07) is 0.495. The molecule has 1 fully saturated rings. The first-order valence-electron chi connectivity index (χ1n) is 4.17. The highest BCUT2D eigenvalue weighted by Gasteiger charge is 2.29. The first-order valence-corrected chi connectivity index (χ1v) is 4.17. The molecule has 65 valence electrons. The minimum Gasteiger partial charge on any atom is -0.375 e. The highest BCUT2D eigenvalue weighted by molar-refractivity contribution is 4.87. The second-order valence-corrected chi connectivity index (χ2v) is 3.11. The minimum absolute atomic E-state index is 0.329. The van der Waals surface area contributed by atoms with Crippen LogP contribution in [0, 0.1) is 0 Å². The van der Waals surface area contributed by atoms with Gasteiger partial charge in [-0.25, -0.2) is 5.32 Å². The van der Waals surface area contributed by atoms with Crippen LogP contribution in [-0.4, -0.2) is 50.8 Å². The molecule has 1 aliphatic rings. The number of rotatable bonds is 3. The number of hydrogen-bond acceptors (Lipinski definition) is 2. The lowest BCUT2D eigenvalue weighted by Crippen LogP contribution is -2.39. The third-order valence-electron chi connectivity index (χ3n) is 2.10. The van der Waals surface area contributed by atoms with Gasteiger partial charge in [-0.05, 0) is 21.0 Å². The molecule has 0 N–H and O–H groups in total. The van der Waals surface area contributed by atoms with E-state index in [0.29, 0.717) is 12.1 Å². The molecule has 3 heteroatoms. The summed E-state index contributed by atoms with van der Waals surface area (Å²) >= 11 is 0. The van der Waals surface area contributed by atoms with E-state index in [0.717, 1.165) is 19.7 Å². The summed E-state index contributed by atoms with van der Waals surface area (Å²) in [7, 11) is 4.16. The van der Waals surface area contributed by atoms with Gasteiger partial charge in [-0.3, -0.25) is 0 Å². The Labute approximate surface area is 68.7 Å². The van der Waals surface area contributed by atoms with E-state index in [1.165, 1.54) is 0 Å². The van der Waals surface area contributed by atoms with E-state index in [4.69, 9.17) is 4.74 Å². The highest BCUT2D eigenvalue weighted by Crippen LogP contribution is 2.10. The van der Waals surface area contributed by atoms with Crippen LogP contribution in [0.15, 0.2) is 0 Å². The van der Waals surface area contributed by atoms with Crippen LogP contribution in [0.2, 0.25) is 0 Å². The predicted octanol–water partition coefficient (Wildman–Crippen LogP) is -0.0603. The third kappa shape index (κ3) is 2.15. The van der Waals surface area contributed by atoms with Crippen molar-refractivity contribution in [1.82, 2.24) is 10.2 Å². The summed E-state index contributed by atoms with van der Waals surface area (Å²) in [6.45, 7) is 4.63. The maximum Gasteiger partial charge on any atom is 0.0883 e. The van der Waals surface area contributed by atoms with Crippen molar-refractivity contribution in [3.8, 4) is 0 Å². The van der Waals surface area contributed by atoms with Crippen molar-refractivity contribution in [2.45, 2.75) is 19.1 Å². The lowest BCUT2D eigenvalue weighted by atomic mass is 10.2. The van der Waals surface area contributed by atoms with Crippen LogP contribution in [0.1, 0.15) is 6.92 Å². The van der Waals surface area contributed by atoms with Crippen molar-refractivity contribution in [3.05, 3.63) is 0 Å². The lowest BCUT2D eigenvalue weighted by Gasteiger charge is -2.24. The van der Waals surface area contributed by atoms with Gasteiger partial charge in [0.05, 0.1) is 12.1 Å². The second-order valence-electron chi connectivity index (χ2n) is 3.11. The fourth-order valence-electron chi connectivity index (χ4n) is 1.45. The van der Waals surface area contributed by atoms with E-state index in [1.54, 1.807) is 0 Å². The summed E-state index contributed by atoms with van der Waals surface area (Å²) in [6.07, 6.45) is 0.329. The quantitative estimate of drug-likeness (QED) is 0.574. The number of nitrogens with zero attached hydrogens (tertiary/aromatic N) is 2. The van der Waals surface area contributed by atoms with Gasteiger partial charge in [0, 0.05) is 19.7 Å². The molecule has 0 aromatic carbocycles. The Bertz CT molecular complexity index is 117. The molecule has 1 radical (unpaired) electrons. The molecule has 0 saturated carbocycles. The van der Waals surface area contributed by atoms with Gasteiger partial charge in [-0.1, -0.05) is 0 Å².